The highest BCUT2D eigenvalue weighted by Crippen LogP contribution is 2.49. The Balaban J connectivity index is 3.03. The standard InChI is InChI=1S/C28H38O5/c1-8-9-15-28(24(30)31,25(32)33)22(18-13-11-10-12-14-18)19-16-20(26(2,3)4)23(29)21(17-19)27(5,6)7/h10-14,16-17,22,29H,8-9,15H2,1-7H3,(H,30,31)(H,32,33). The zero-order chi connectivity index (χ0) is 25.2. The number of unbranched alkanes of at least 4 members (excludes halogenated alkanes) is 1. The van der Waals surface area contributed by atoms with Crippen molar-refractivity contribution in [1.29, 1.82) is 0 Å². The molecule has 2 rings (SSSR count). The number of benzene rings is 2. The number of rotatable bonds is 8. The molecule has 0 aliphatic carbocycles. The molecule has 0 saturated heterocycles. The lowest BCUT2D eigenvalue weighted by atomic mass is 9.64. The number of aromatic hydroxyl groups is 1. The summed E-state index contributed by atoms with van der Waals surface area (Å²) in [4.78, 5) is 25.5. The minimum absolute atomic E-state index is 0.00427. The molecule has 5 heteroatoms. The quantitative estimate of drug-likeness (QED) is 0.398. The van der Waals surface area contributed by atoms with Crippen molar-refractivity contribution in [2.45, 2.75) is 84.5 Å². The van der Waals surface area contributed by atoms with Crippen molar-refractivity contribution in [3.8, 4) is 5.75 Å². The Kier molecular flexibility index (Phi) is 7.67. The maximum Gasteiger partial charge on any atom is 0.322 e. The summed E-state index contributed by atoms with van der Waals surface area (Å²) in [6.45, 7) is 13.8. The van der Waals surface area contributed by atoms with E-state index in [1.807, 2.05) is 54.5 Å². The van der Waals surface area contributed by atoms with Gasteiger partial charge in [0.2, 0.25) is 0 Å². The third-order valence-corrected chi connectivity index (χ3v) is 6.40. The molecule has 180 valence electrons. The normalized spacial score (nSPS) is 13.5. The first-order valence-electron chi connectivity index (χ1n) is 11.6. The van der Waals surface area contributed by atoms with Crippen LogP contribution in [-0.2, 0) is 20.4 Å². The van der Waals surface area contributed by atoms with E-state index in [9.17, 15) is 24.9 Å². The van der Waals surface area contributed by atoms with Crippen LogP contribution in [-0.4, -0.2) is 27.3 Å². The van der Waals surface area contributed by atoms with Gasteiger partial charge in [0.1, 0.15) is 5.75 Å². The van der Waals surface area contributed by atoms with Gasteiger partial charge in [-0.2, -0.15) is 0 Å². The first-order valence-corrected chi connectivity index (χ1v) is 11.6. The van der Waals surface area contributed by atoms with Gasteiger partial charge in [0.15, 0.2) is 5.41 Å². The Hall–Kier alpha value is -2.82. The topological polar surface area (TPSA) is 94.8 Å². The Morgan fingerprint density at radius 1 is 0.818 bits per heavy atom. The molecule has 0 radical (unpaired) electrons. The van der Waals surface area contributed by atoms with E-state index in [1.54, 1.807) is 36.4 Å². The molecule has 2 aromatic rings. The maximum atomic E-state index is 12.8. The van der Waals surface area contributed by atoms with Crippen molar-refractivity contribution in [1.82, 2.24) is 0 Å². The van der Waals surface area contributed by atoms with E-state index in [-0.39, 0.29) is 12.2 Å². The summed E-state index contributed by atoms with van der Waals surface area (Å²) in [7, 11) is 0. The monoisotopic (exact) mass is 454 g/mol. The highest BCUT2D eigenvalue weighted by molar-refractivity contribution is 6.00. The molecule has 0 aliphatic rings. The maximum absolute atomic E-state index is 12.8. The van der Waals surface area contributed by atoms with Crippen molar-refractivity contribution in [2.24, 2.45) is 5.41 Å². The van der Waals surface area contributed by atoms with E-state index in [2.05, 4.69) is 0 Å². The highest BCUT2D eigenvalue weighted by atomic mass is 16.4. The van der Waals surface area contributed by atoms with E-state index in [0.717, 1.165) is 0 Å². The molecule has 0 bridgehead atoms. The summed E-state index contributed by atoms with van der Waals surface area (Å²) in [5.74, 6) is -3.45. The summed E-state index contributed by atoms with van der Waals surface area (Å²) in [5.41, 5.74) is -0.339. The molecule has 0 spiro atoms. The summed E-state index contributed by atoms with van der Waals surface area (Å²) in [5, 5.41) is 32.0. The van der Waals surface area contributed by atoms with Crippen LogP contribution in [0.3, 0.4) is 0 Å². The average Bonchev–Trinajstić information content (AvgIpc) is 2.70. The molecule has 0 heterocycles. The lowest BCUT2D eigenvalue weighted by Gasteiger charge is -2.36. The van der Waals surface area contributed by atoms with Crippen LogP contribution in [0.5, 0.6) is 5.75 Å². The first kappa shape index (κ1) is 26.4. The van der Waals surface area contributed by atoms with Crippen molar-refractivity contribution in [3.63, 3.8) is 0 Å². The molecule has 1 atom stereocenters. The third kappa shape index (κ3) is 5.23. The molecule has 0 amide bonds. The molecular weight excluding hydrogens is 416 g/mol. The number of hydrogen-bond acceptors (Lipinski definition) is 3. The predicted molar refractivity (Wildman–Crippen MR) is 131 cm³/mol. The van der Waals surface area contributed by atoms with Gasteiger partial charge in [-0.3, -0.25) is 9.59 Å². The molecule has 33 heavy (non-hydrogen) atoms. The van der Waals surface area contributed by atoms with Crippen LogP contribution in [0.15, 0.2) is 42.5 Å². The number of carboxylic acid groups (broad SMARTS) is 2. The Bertz CT molecular complexity index is 944. The molecule has 0 fully saturated rings. The second kappa shape index (κ2) is 9.58. The number of phenols is 1. The summed E-state index contributed by atoms with van der Waals surface area (Å²) >= 11 is 0. The Morgan fingerprint density at radius 3 is 1.64 bits per heavy atom. The van der Waals surface area contributed by atoms with Crippen LogP contribution in [0.1, 0.15) is 95.9 Å². The van der Waals surface area contributed by atoms with E-state index in [4.69, 9.17) is 0 Å². The van der Waals surface area contributed by atoms with Gasteiger partial charge in [0, 0.05) is 5.92 Å². The fraction of sp³-hybridized carbons (Fsp3) is 0.500. The largest absolute Gasteiger partial charge is 0.507 e. The smallest absolute Gasteiger partial charge is 0.322 e. The Labute approximate surface area is 197 Å². The zero-order valence-corrected chi connectivity index (χ0v) is 20.9. The fourth-order valence-corrected chi connectivity index (χ4v) is 4.53. The number of hydrogen-bond donors (Lipinski definition) is 3. The van der Waals surface area contributed by atoms with Crippen molar-refractivity contribution >= 4 is 11.9 Å². The third-order valence-electron chi connectivity index (χ3n) is 6.40. The second-order valence-electron chi connectivity index (χ2n) is 11.0. The van der Waals surface area contributed by atoms with Crippen LogP contribution in [0.2, 0.25) is 0 Å². The lowest BCUT2D eigenvalue weighted by Crippen LogP contribution is -2.45. The summed E-state index contributed by atoms with van der Waals surface area (Å²) < 4.78 is 0. The van der Waals surface area contributed by atoms with E-state index in [1.165, 1.54) is 0 Å². The molecule has 0 aromatic heterocycles. The molecule has 5 nitrogen and oxygen atoms in total. The number of carbonyl (C=O) groups is 2. The lowest BCUT2D eigenvalue weighted by molar-refractivity contribution is -0.166. The van der Waals surface area contributed by atoms with Gasteiger partial charge in [0.05, 0.1) is 0 Å². The van der Waals surface area contributed by atoms with Gasteiger partial charge in [-0.15, -0.1) is 0 Å². The van der Waals surface area contributed by atoms with Gasteiger partial charge < -0.3 is 15.3 Å². The molecule has 0 saturated carbocycles. The van der Waals surface area contributed by atoms with Gasteiger partial charge >= 0.3 is 11.9 Å². The number of aliphatic carboxylic acids is 2. The van der Waals surface area contributed by atoms with E-state index in [0.29, 0.717) is 35.1 Å². The van der Waals surface area contributed by atoms with Crippen molar-refractivity contribution in [2.75, 3.05) is 0 Å². The van der Waals surface area contributed by atoms with E-state index < -0.39 is 34.1 Å². The molecule has 3 N–H and O–H groups in total. The van der Waals surface area contributed by atoms with Crippen molar-refractivity contribution < 1.29 is 24.9 Å². The Morgan fingerprint density at radius 2 is 1.27 bits per heavy atom. The predicted octanol–water partition coefficient (Wildman–Crippen LogP) is 6.46. The van der Waals surface area contributed by atoms with Crippen LogP contribution in [0, 0.1) is 5.41 Å². The van der Waals surface area contributed by atoms with Crippen LogP contribution < -0.4 is 0 Å². The van der Waals surface area contributed by atoms with Gasteiger partial charge in [-0.25, -0.2) is 0 Å². The van der Waals surface area contributed by atoms with Crippen LogP contribution in [0.25, 0.3) is 0 Å². The molecule has 0 aliphatic heterocycles. The average molecular weight is 455 g/mol. The van der Waals surface area contributed by atoms with Crippen LogP contribution >= 0.6 is 0 Å². The minimum atomic E-state index is -2.04. The minimum Gasteiger partial charge on any atom is -0.507 e. The van der Waals surface area contributed by atoms with Gasteiger partial charge in [-0.1, -0.05) is 104 Å². The molecule has 2 aromatic carbocycles. The van der Waals surface area contributed by atoms with Crippen molar-refractivity contribution in [3.05, 3.63) is 64.7 Å². The number of carboxylic acids is 2. The summed E-state index contributed by atoms with van der Waals surface area (Å²) in [6, 6.07) is 12.6. The molecular formula is C28H38O5. The van der Waals surface area contributed by atoms with E-state index >= 15 is 0 Å². The fourth-order valence-electron chi connectivity index (χ4n) is 4.53. The van der Waals surface area contributed by atoms with Gasteiger partial charge in [0.25, 0.3) is 0 Å². The first-order chi connectivity index (χ1) is 15.2. The van der Waals surface area contributed by atoms with Gasteiger partial charge in [-0.05, 0) is 39.5 Å². The SMILES string of the molecule is CCCCC(C(=O)O)(C(=O)O)C(c1ccccc1)c1cc(C(C)(C)C)c(O)c(C(C)(C)C)c1. The summed E-state index contributed by atoms with van der Waals surface area (Å²) in [6.07, 6.45) is 1.16. The highest BCUT2D eigenvalue weighted by Gasteiger charge is 2.54. The van der Waals surface area contributed by atoms with Crippen LogP contribution in [0.4, 0.5) is 0 Å². The molecule has 1 unspecified atom stereocenters. The number of phenolic OH excluding ortho intramolecular Hbond substituents is 1. The second-order valence-corrected chi connectivity index (χ2v) is 11.0. The zero-order valence-electron chi connectivity index (χ0n) is 20.9.